The summed E-state index contributed by atoms with van der Waals surface area (Å²) in [5, 5.41) is 20.5. The zero-order valence-corrected chi connectivity index (χ0v) is 7.31. The molecule has 5 heteroatoms. The SMILES string of the molecule is C=CCN1C[C@@H]([C@@H](O)CO)NC1=O. The molecule has 3 N–H and O–H groups in total. The molecule has 1 fully saturated rings. The highest BCUT2D eigenvalue weighted by molar-refractivity contribution is 5.77. The summed E-state index contributed by atoms with van der Waals surface area (Å²) in [4.78, 5) is 12.7. The molecule has 0 aliphatic carbocycles. The van der Waals surface area contributed by atoms with Gasteiger partial charge in [0.2, 0.25) is 0 Å². The highest BCUT2D eigenvalue weighted by Gasteiger charge is 2.31. The van der Waals surface area contributed by atoms with Crippen molar-refractivity contribution in [2.45, 2.75) is 12.1 Å². The monoisotopic (exact) mass is 186 g/mol. The summed E-state index contributed by atoms with van der Waals surface area (Å²) in [6.45, 7) is 4.04. The highest BCUT2D eigenvalue weighted by atomic mass is 16.3. The predicted octanol–water partition coefficient (Wildman–Crippen LogP) is -1.08. The lowest BCUT2D eigenvalue weighted by atomic mass is 10.2. The number of aliphatic hydroxyl groups excluding tert-OH is 2. The first-order valence-electron chi connectivity index (χ1n) is 4.14. The Morgan fingerprint density at radius 1 is 1.85 bits per heavy atom. The van der Waals surface area contributed by atoms with E-state index in [0.717, 1.165) is 0 Å². The Hall–Kier alpha value is -1.07. The van der Waals surface area contributed by atoms with Gasteiger partial charge in [0, 0.05) is 13.1 Å². The first-order valence-corrected chi connectivity index (χ1v) is 4.14. The molecule has 1 aliphatic rings. The minimum atomic E-state index is -0.890. The van der Waals surface area contributed by atoms with Gasteiger partial charge in [0.25, 0.3) is 0 Å². The number of urea groups is 1. The number of carbonyl (C=O) groups is 1. The van der Waals surface area contributed by atoms with E-state index >= 15 is 0 Å². The lowest BCUT2D eigenvalue weighted by Gasteiger charge is -2.15. The van der Waals surface area contributed by atoms with Crippen LogP contribution in [0.3, 0.4) is 0 Å². The second kappa shape index (κ2) is 4.25. The molecule has 0 aromatic carbocycles. The van der Waals surface area contributed by atoms with E-state index in [9.17, 15) is 9.90 Å². The molecule has 0 unspecified atom stereocenters. The van der Waals surface area contributed by atoms with Crippen LogP contribution in [0.15, 0.2) is 12.7 Å². The largest absolute Gasteiger partial charge is 0.394 e. The van der Waals surface area contributed by atoms with Crippen molar-refractivity contribution in [1.29, 1.82) is 0 Å². The average molecular weight is 186 g/mol. The molecular formula is C8H14N2O3. The van der Waals surface area contributed by atoms with Crippen LogP contribution in [0.2, 0.25) is 0 Å². The molecule has 1 saturated heterocycles. The summed E-state index contributed by atoms with van der Waals surface area (Å²) in [5.74, 6) is 0. The number of nitrogens with zero attached hydrogens (tertiary/aromatic N) is 1. The number of rotatable bonds is 4. The quantitative estimate of drug-likeness (QED) is 0.489. The normalized spacial score (nSPS) is 24.3. The molecule has 2 atom stereocenters. The summed E-state index contributed by atoms with van der Waals surface area (Å²) in [7, 11) is 0. The summed E-state index contributed by atoms with van der Waals surface area (Å²) >= 11 is 0. The Morgan fingerprint density at radius 2 is 2.54 bits per heavy atom. The number of hydrogen-bond acceptors (Lipinski definition) is 3. The maximum absolute atomic E-state index is 11.2. The Kier molecular flexibility index (Phi) is 3.27. The van der Waals surface area contributed by atoms with Crippen LogP contribution >= 0.6 is 0 Å². The number of aliphatic hydroxyl groups is 2. The van der Waals surface area contributed by atoms with Gasteiger partial charge in [-0.25, -0.2) is 4.79 Å². The number of carbonyl (C=O) groups excluding carboxylic acids is 1. The zero-order valence-electron chi connectivity index (χ0n) is 7.31. The topological polar surface area (TPSA) is 72.8 Å². The lowest BCUT2D eigenvalue weighted by molar-refractivity contribution is 0.0699. The molecule has 0 saturated carbocycles. The van der Waals surface area contributed by atoms with E-state index in [1.807, 2.05) is 0 Å². The van der Waals surface area contributed by atoms with Crippen molar-refractivity contribution in [3.63, 3.8) is 0 Å². The third kappa shape index (κ3) is 2.19. The number of hydrogen-bond donors (Lipinski definition) is 3. The van der Waals surface area contributed by atoms with E-state index < -0.39 is 6.10 Å². The third-order valence-electron chi connectivity index (χ3n) is 2.01. The summed E-state index contributed by atoms with van der Waals surface area (Å²) in [5.41, 5.74) is 0. The van der Waals surface area contributed by atoms with Gasteiger partial charge < -0.3 is 20.4 Å². The summed E-state index contributed by atoms with van der Waals surface area (Å²) in [6.07, 6.45) is 0.728. The standard InChI is InChI=1S/C8H14N2O3/c1-2-3-10-4-6(7(12)5-11)9-8(10)13/h2,6-7,11-12H,1,3-5H2,(H,9,13)/t6-,7-/m0/s1. The molecular weight excluding hydrogens is 172 g/mol. The van der Waals surface area contributed by atoms with Gasteiger partial charge in [-0.15, -0.1) is 6.58 Å². The van der Waals surface area contributed by atoms with Crippen LogP contribution in [0, 0.1) is 0 Å². The van der Waals surface area contributed by atoms with Crippen LogP contribution < -0.4 is 5.32 Å². The molecule has 74 valence electrons. The molecule has 1 heterocycles. The Balaban J connectivity index is 2.49. The Morgan fingerprint density at radius 3 is 3.08 bits per heavy atom. The molecule has 5 nitrogen and oxygen atoms in total. The van der Waals surface area contributed by atoms with Crippen molar-refractivity contribution in [2.24, 2.45) is 0 Å². The molecule has 0 aromatic heterocycles. The summed E-state index contributed by atoms with van der Waals surface area (Å²) in [6, 6.07) is -0.602. The fraction of sp³-hybridized carbons (Fsp3) is 0.625. The minimum Gasteiger partial charge on any atom is -0.394 e. The van der Waals surface area contributed by atoms with Crippen LogP contribution in [-0.4, -0.2) is 53.0 Å². The van der Waals surface area contributed by atoms with Crippen molar-refractivity contribution >= 4 is 6.03 Å². The average Bonchev–Trinajstić information content (AvgIpc) is 2.47. The molecule has 0 bridgehead atoms. The zero-order chi connectivity index (χ0) is 9.84. The Bertz CT molecular complexity index is 208. The second-order valence-corrected chi connectivity index (χ2v) is 3.00. The molecule has 0 aromatic rings. The first-order chi connectivity index (χ1) is 6.19. The van der Waals surface area contributed by atoms with E-state index in [-0.39, 0.29) is 18.7 Å². The van der Waals surface area contributed by atoms with Crippen molar-refractivity contribution in [3.05, 3.63) is 12.7 Å². The van der Waals surface area contributed by atoms with Gasteiger partial charge in [-0.2, -0.15) is 0 Å². The van der Waals surface area contributed by atoms with Crippen molar-refractivity contribution < 1.29 is 15.0 Å². The second-order valence-electron chi connectivity index (χ2n) is 3.00. The van der Waals surface area contributed by atoms with E-state index in [4.69, 9.17) is 5.11 Å². The molecule has 0 radical (unpaired) electrons. The maximum atomic E-state index is 11.2. The van der Waals surface area contributed by atoms with Gasteiger partial charge in [0.05, 0.1) is 18.8 Å². The minimum absolute atomic E-state index is 0.225. The Labute approximate surface area is 76.7 Å². The van der Waals surface area contributed by atoms with Crippen molar-refractivity contribution in [1.82, 2.24) is 10.2 Å². The first kappa shape index (κ1) is 10.0. The van der Waals surface area contributed by atoms with Crippen LogP contribution in [0.1, 0.15) is 0 Å². The molecule has 2 amide bonds. The van der Waals surface area contributed by atoms with Crippen molar-refractivity contribution in [2.75, 3.05) is 19.7 Å². The molecule has 1 aliphatic heterocycles. The van der Waals surface area contributed by atoms with Gasteiger partial charge in [0.1, 0.15) is 0 Å². The van der Waals surface area contributed by atoms with Crippen LogP contribution in [-0.2, 0) is 0 Å². The number of amides is 2. The van der Waals surface area contributed by atoms with E-state index in [0.29, 0.717) is 13.1 Å². The van der Waals surface area contributed by atoms with Gasteiger partial charge in [-0.05, 0) is 0 Å². The lowest BCUT2D eigenvalue weighted by Crippen LogP contribution is -2.40. The third-order valence-corrected chi connectivity index (χ3v) is 2.01. The fourth-order valence-electron chi connectivity index (χ4n) is 1.27. The predicted molar refractivity (Wildman–Crippen MR) is 47.2 cm³/mol. The van der Waals surface area contributed by atoms with E-state index in [2.05, 4.69) is 11.9 Å². The highest BCUT2D eigenvalue weighted by Crippen LogP contribution is 2.06. The van der Waals surface area contributed by atoms with Gasteiger partial charge in [-0.3, -0.25) is 0 Å². The van der Waals surface area contributed by atoms with E-state index in [1.165, 1.54) is 4.90 Å². The van der Waals surface area contributed by atoms with Gasteiger partial charge in [0.15, 0.2) is 0 Å². The van der Waals surface area contributed by atoms with Gasteiger partial charge in [-0.1, -0.05) is 6.08 Å². The maximum Gasteiger partial charge on any atom is 0.318 e. The molecule has 13 heavy (non-hydrogen) atoms. The smallest absolute Gasteiger partial charge is 0.318 e. The van der Waals surface area contributed by atoms with Gasteiger partial charge >= 0.3 is 6.03 Å². The molecule has 0 spiro atoms. The van der Waals surface area contributed by atoms with E-state index in [1.54, 1.807) is 6.08 Å². The number of nitrogens with one attached hydrogen (secondary N) is 1. The summed E-state index contributed by atoms with van der Waals surface area (Å²) < 4.78 is 0. The molecule has 1 rings (SSSR count). The van der Waals surface area contributed by atoms with Crippen LogP contribution in [0.25, 0.3) is 0 Å². The van der Waals surface area contributed by atoms with Crippen LogP contribution in [0.5, 0.6) is 0 Å². The van der Waals surface area contributed by atoms with Crippen molar-refractivity contribution in [3.8, 4) is 0 Å². The van der Waals surface area contributed by atoms with Crippen LogP contribution in [0.4, 0.5) is 4.79 Å². The fourth-order valence-corrected chi connectivity index (χ4v) is 1.27.